The molecule has 0 radical (unpaired) electrons. The number of benzene rings is 1. The molecule has 3 aliphatic rings. The zero-order chi connectivity index (χ0) is 22.2. The number of alkyl halides is 1. The summed E-state index contributed by atoms with van der Waals surface area (Å²) in [5.41, 5.74) is 0.615. The van der Waals surface area contributed by atoms with Crippen LogP contribution in [-0.2, 0) is 11.3 Å². The summed E-state index contributed by atoms with van der Waals surface area (Å²) in [5.74, 6) is 6.10. The first-order valence-electron chi connectivity index (χ1n) is 9.97. The lowest BCUT2D eigenvalue weighted by molar-refractivity contribution is -0.122. The fourth-order valence-corrected chi connectivity index (χ4v) is 4.69. The predicted octanol–water partition coefficient (Wildman–Crippen LogP) is 2.52. The second-order valence-corrected chi connectivity index (χ2v) is 9.13. The number of amides is 4. The number of carbonyl (C=O) groups is 3. The first kappa shape index (κ1) is 21.2. The van der Waals surface area contributed by atoms with Crippen molar-refractivity contribution >= 4 is 33.8 Å². The molecule has 0 aromatic heterocycles. The van der Waals surface area contributed by atoms with Crippen LogP contribution in [0.3, 0.4) is 0 Å². The lowest BCUT2D eigenvalue weighted by atomic mass is 9.98. The van der Waals surface area contributed by atoms with Crippen LogP contribution in [0.15, 0.2) is 42.0 Å². The van der Waals surface area contributed by atoms with E-state index in [9.17, 15) is 14.4 Å². The zero-order valence-corrected chi connectivity index (χ0v) is 18.8. The molecule has 8 heteroatoms. The molecule has 4 rings (SSSR count). The number of imide groups is 1. The number of carbonyl (C=O) groups excluding carboxylic acids is 3. The van der Waals surface area contributed by atoms with Crippen LogP contribution in [-0.4, -0.2) is 46.8 Å². The minimum atomic E-state index is -1.52. The van der Waals surface area contributed by atoms with Gasteiger partial charge in [0, 0.05) is 22.5 Å². The van der Waals surface area contributed by atoms with Gasteiger partial charge in [0.25, 0.3) is 11.8 Å². The van der Waals surface area contributed by atoms with E-state index in [1.54, 1.807) is 12.1 Å². The van der Waals surface area contributed by atoms with Crippen molar-refractivity contribution in [2.75, 3.05) is 13.7 Å². The van der Waals surface area contributed by atoms with Gasteiger partial charge in [0.05, 0.1) is 13.7 Å². The number of hydrogen-bond acceptors (Lipinski definition) is 4. The van der Waals surface area contributed by atoms with Crippen LogP contribution in [0.4, 0.5) is 4.79 Å². The normalized spacial score (nSPS) is 27.0. The van der Waals surface area contributed by atoms with Gasteiger partial charge >= 0.3 is 6.03 Å². The number of nitrogens with one attached hydrogen (secondary N) is 2. The smallest absolute Gasteiger partial charge is 0.323 e. The van der Waals surface area contributed by atoms with Crippen molar-refractivity contribution < 1.29 is 19.1 Å². The van der Waals surface area contributed by atoms with Crippen molar-refractivity contribution in [3.05, 3.63) is 53.1 Å². The third-order valence-corrected chi connectivity index (χ3v) is 6.21. The number of methoxy groups -OCH3 is 1. The van der Waals surface area contributed by atoms with Crippen molar-refractivity contribution in [2.45, 2.75) is 30.3 Å². The Morgan fingerprint density at radius 1 is 1.32 bits per heavy atom. The molecule has 7 nitrogen and oxygen atoms in total. The van der Waals surface area contributed by atoms with Crippen molar-refractivity contribution in [1.82, 2.24) is 15.5 Å². The summed E-state index contributed by atoms with van der Waals surface area (Å²) in [7, 11) is 1.54. The first-order valence-corrected chi connectivity index (χ1v) is 10.9. The fraction of sp³-hybridized carbons (Fsp3) is 0.348. The Balaban J connectivity index is 1.63. The molecule has 0 saturated carbocycles. The highest BCUT2D eigenvalue weighted by molar-refractivity contribution is 9.09. The number of halogens is 1. The highest BCUT2D eigenvalue weighted by Gasteiger charge is 2.48. The van der Waals surface area contributed by atoms with E-state index in [1.807, 2.05) is 24.3 Å². The van der Waals surface area contributed by atoms with Crippen molar-refractivity contribution in [3.63, 3.8) is 0 Å². The maximum absolute atomic E-state index is 13.0. The number of nitrogens with zero attached hydrogens (tertiary/aromatic N) is 1. The van der Waals surface area contributed by atoms with Gasteiger partial charge in [-0.15, -0.1) is 0 Å². The van der Waals surface area contributed by atoms with Gasteiger partial charge in [0.2, 0.25) is 5.54 Å². The predicted molar refractivity (Wildman–Crippen MR) is 119 cm³/mol. The molecular weight excluding hydrogens is 462 g/mol. The van der Waals surface area contributed by atoms with E-state index in [0.717, 1.165) is 17.6 Å². The quantitative estimate of drug-likeness (QED) is 0.392. The standard InChI is InChI=1S/C23H22BrN3O4/c1-14-9-15(3-5-17(24)10-14)7-8-23(21(29)25-22(30)26-23)13-27-12-16-4-6-18(31-2)11-19(16)20(27)28/h3-6,9,11,14,17H,10,12-13H2,1-2H3,(H2,25,26,29,30). The van der Waals surface area contributed by atoms with Gasteiger partial charge in [0.1, 0.15) is 5.75 Å². The number of fused-ring (bicyclic) bond motifs is 1. The van der Waals surface area contributed by atoms with Crippen molar-refractivity contribution in [3.8, 4) is 17.6 Å². The van der Waals surface area contributed by atoms with Crippen molar-refractivity contribution in [1.29, 1.82) is 0 Å². The number of urea groups is 1. The van der Waals surface area contributed by atoms with E-state index >= 15 is 0 Å². The summed E-state index contributed by atoms with van der Waals surface area (Å²) in [6, 6.07) is 4.68. The summed E-state index contributed by atoms with van der Waals surface area (Å²) in [6.07, 6.45) is 6.89. The molecule has 0 spiro atoms. The number of allylic oxidation sites excluding steroid dienone is 4. The number of rotatable bonds is 3. The summed E-state index contributed by atoms with van der Waals surface area (Å²) in [5, 5.41) is 4.89. The molecule has 1 fully saturated rings. The SMILES string of the molecule is COc1ccc2c(c1)C(=O)N(CC1(C#CC3=CC(C)CC(Br)C=C3)NC(=O)NC1=O)C2. The van der Waals surface area contributed by atoms with Crippen LogP contribution in [0.5, 0.6) is 5.75 Å². The second-order valence-electron chi connectivity index (χ2n) is 7.96. The van der Waals surface area contributed by atoms with E-state index in [4.69, 9.17) is 4.74 Å². The Hall–Kier alpha value is -3.05. The average molecular weight is 484 g/mol. The van der Waals surface area contributed by atoms with Crippen LogP contribution in [0.1, 0.15) is 29.3 Å². The van der Waals surface area contributed by atoms with Gasteiger partial charge in [-0.2, -0.15) is 0 Å². The minimum Gasteiger partial charge on any atom is -0.497 e. The Kier molecular flexibility index (Phi) is 5.63. The van der Waals surface area contributed by atoms with Crippen LogP contribution in [0.25, 0.3) is 0 Å². The zero-order valence-electron chi connectivity index (χ0n) is 17.2. The van der Waals surface area contributed by atoms with Crippen LogP contribution < -0.4 is 15.4 Å². The number of hydrogen-bond donors (Lipinski definition) is 2. The van der Waals surface area contributed by atoms with E-state index < -0.39 is 17.5 Å². The van der Waals surface area contributed by atoms with Crippen LogP contribution >= 0.6 is 15.9 Å². The van der Waals surface area contributed by atoms with Gasteiger partial charge in [-0.1, -0.05) is 52.9 Å². The van der Waals surface area contributed by atoms with E-state index in [2.05, 4.69) is 45.3 Å². The lowest BCUT2D eigenvalue weighted by Crippen LogP contribution is -2.54. The highest BCUT2D eigenvalue weighted by atomic mass is 79.9. The molecule has 1 aliphatic carbocycles. The molecule has 3 unspecified atom stereocenters. The van der Waals surface area contributed by atoms with Crippen LogP contribution in [0.2, 0.25) is 0 Å². The fourth-order valence-electron chi connectivity index (χ4n) is 3.95. The summed E-state index contributed by atoms with van der Waals surface area (Å²) >= 11 is 3.60. The average Bonchev–Trinajstić information content (AvgIpc) is 3.11. The van der Waals surface area contributed by atoms with Gasteiger partial charge in [-0.3, -0.25) is 14.9 Å². The second kappa shape index (κ2) is 8.23. The van der Waals surface area contributed by atoms with Gasteiger partial charge in [0.15, 0.2) is 0 Å². The summed E-state index contributed by atoms with van der Waals surface area (Å²) in [6.45, 7) is 2.37. The molecule has 2 N–H and O–H groups in total. The molecule has 1 aromatic carbocycles. The van der Waals surface area contributed by atoms with Gasteiger partial charge in [-0.25, -0.2) is 4.79 Å². The summed E-state index contributed by atoms with van der Waals surface area (Å²) < 4.78 is 5.21. The molecule has 4 amide bonds. The molecule has 1 saturated heterocycles. The first-order chi connectivity index (χ1) is 14.8. The van der Waals surface area contributed by atoms with E-state index in [1.165, 1.54) is 12.0 Å². The monoisotopic (exact) mass is 483 g/mol. The lowest BCUT2D eigenvalue weighted by Gasteiger charge is -2.26. The van der Waals surface area contributed by atoms with Crippen LogP contribution in [0, 0.1) is 17.8 Å². The molecule has 31 heavy (non-hydrogen) atoms. The number of ether oxygens (including phenoxy) is 1. The van der Waals surface area contributed by atoms with E-state index in [0.29, 0.717) is 23.8 Å². The largest absolute Gasteiger partial charge is 0.497 e. The Morgan fingerprint density at radius 2 is 2.13 bits per heavy atom. The Morgan fingerprint density at radius 3 is 2.84 bits per heavy atom. The maximum Gasteiger partial charge on any atom is 0.323 e. The van der Waals surface area contributed by atoms with Gasteiger partial charge < -0.3 is 15.0 Å². The Labute approximate surface area is 189 Å². The Bertz CT molecular complexity index is 1080. The third kappa shape index (κ3) is 4.23. The van der Waals surface area contributed by atoms with Gasteiger partial charge in [-0.05, 0) is 36.1 Å². The molecular formula is C23H22BrN3O4. The molecule has 2 aliphatic heterocycles. The topological polar surface area (TPSA) is 87.7 Å². The molecule has 1 aromatic rings. The summed E-state index contributed by atoms with van der Waals surface area (Å²) in [4.78, 5) is 39.4. The highest BCUT2D eigenvalue weighted by Crippen LogP contribution is 2.28. The molecule has 2 heterocycles. The molecule has 3 atom stereocenters. The molecule has 160 valence electrons. The van der Waals surface area contributed by atoms with E-state index in [-0.39, 0.29) is 17.3 Å². The maximum atomic E-state index is 13.0. The third-order valence-electron chi connectivity index (χ3n) is 5.53. The van der Waals surface area contributed by atoms with Crippen molar-refractivity contribution in [2.24, 2.45) is 5.92 Å². The minimum absolute atomic E-state index is 0.0545. The molecule has 0 bridgehead atoms.